The highest BCUT2D eigenvalue weighted by Crippen LogP contribution is 2.33. The predicted molar refractivity (Wildman–Crippen MR) is 113 cm³/mol. The lowest BCUT2D eigenvalue weighted by Crippen LogP contribution is -2.35. The number of carbonyl (C=O) groups is 1. The molecule has 1 N–H and O–H groups in total. The fourth-order valence-corrected chi connectivity index (χ4v) is 3.31. The van der Waals surface area contributed by atoms with Gasteiger partial charge in [-0.05, 0) is 23.3 Å². The van der Waals surface area contributed by atoms with E-state index in [1.54, 1.807) is 12.1 Å². The molecule has 0 bridgehead atoms. The van der Waals surface area contributed by atoms with Gasteiger partial charge in [0.1, 0.15) is 0 Å². The van der Waals surface area contributed by atoms with E-state index in [9.17, 15) is 13.6 Å². The second-order valence-corrected chi connectivity index (χ2v) is 7.02. The molecular weight excluding hydrogens is 406 g/mol. The lowest BCUT2D eigenvalue weighted by Gasteiger charge is -2.26. The summed E-state index contributed by atoms with van der Waals surface area (Å²) in [6.07, 6.45) is 2.70. The average molecular weight is 432 g/mol. The molecular formula is C23H26F2N2O4. The number of nitrogens with zero attached hydrogens (tertiary/aromatic N) is 1. The van der Waals surface area contributed by atoms with Crippen LogP contribution in [0.15, 0.2) is 48.5 Å². The number of morpholine rings is 1. The Morgan fingerprint density at radius 3 is 2.68 bits per heavy atom. The van der Waals surface area contributed by atoms with Gasteiger partial charge < -0.3 is 19.5 Å². The van der Waals surface area contributed by atoms with E-state index < -0.39 is 6.61 Å². The minimum absolute atomic E-state index is 0.111. The molecule has 31 heavy (non-hydrogen) atoms. The van der Waals surface area contributed by atoms with Gasteiger partial charge in [-0.15, -0.1) is 0 Å². The van der Waals surface area contributed by atoms with E-state index in [1.807, 2.05) is 12.1 Å². The molecule has 0 spiro atoms. The summed E-state index contributed by atoms with van der Waals surface area (Å²) < 4.78 is 40.4. The number of benzene rings is 2. The van der Waals surface area contributed by atoms with E-state index >= 15 is 0 Å². The Balaban J connectivity index is 1.58. The smallest absolute Gasteiger partial charge is 0.387 e. The van der Waals surface area contributed by atoms with Crippen molar-refractivity contribution in [2.24, 2.45) is 0 Å². The van der Waals surface area contributed by atoms with Crippen LogP contribution in [0.5, 0.6) is 11.5 Å². The molecule has 0 radical (unpaired) electrons. The Morgan fingerprint density at radius 1 is 1.19 bits per heavy atom. The summed E-state index contributed by atoms with van der Waals surface area (Å²) in [6, 6.07) is 12.8. The van der Waals surface area contributed by atoms with Crippen molar-refractivity contribution in [2.75, 3.05) is 33.4 Å². The van der Waals surface area contributed by atoms with Gasteiger partial charge in [0.05, 0.1) is 20.3 Å². The quantitative estimate of drug-likeness (QED) is 0.615. The highest BCUT2D eigenvalue weighted by Gasteiger charge is 2.14. The van der Waals surface area contributed by atoms with Crippen LogP contribution >= 0.6 is 0 Å². The first-order valence-corrected chi connectivity index (χ1v) is 10.0. The maximum atomic E-state index is 12.7. The molecule has 1 aliphatic rings. The zero-order valence-electron chi connectivity index (χ0n) is 17.4. The third-order valence-electron chi connectivity index (χ3n) is 4.82. The lowest BCUT2D eigenvalue weighted by molar-refractivity contribution is -0.116. The fourth-order valence-electron chi connectivity index (χ4n) is 3.31. The standard InChI is InChI=1S/C23H26F2N2O4/c1-29-20-7-3-6-19(22(20)31-23(24)25)8-9-21(28)26-15-17-4-2-5-18(14-17)16-27-10-12-30-13-11-27/h2-9,14,23H,10-13,15-16H2,1H3,(H,26,28). The van der Waals surface area contributed by atoms with Crippen LogP contribution in [0.2, 0.25) is 0 Å². The third kappa shape index (κ3) is 7.04. The van der Waals surface area contributed by atoms with Crippen LogP contribution in [0.1, 0.15) is 16.7 Å². The average Bonchev–Trinajstić information content (AvgIpc) is 2.77. The molecule has 6 nitrogen and oxygen atoms in total. The molecule has 1 aliphatic heterocycles. The Labute approximate surface area is 180 Å². The number of methoxy groups -OCH3 is 1. The molecule has 3 rings (SSSR count). The number of hydrogen-bond acceptors (Lipinski definition) is 5. The Hall–Kier alpha value is -2.97. The molecule has 8 heteroatoms. The summed E-state index contributed by atoms with van der Waals surface area (Å²) in [5.41, 5.74) is 2.48. The molecule has 0 unspecified atom stereocenters. The van der Waals surface area contributed by atoms with E-state index in [-0.39, 0.29) is 17.4 Å². The predicted octanol–water partition coefficient (Wildman–Crippen LogP) is 3.46. The van der Waals surface area contributed by atoms with Gasteiger partial charge in [0.25, 0.3) is 0 Å². The van der Waals surface area contributed by atoms with Crippen molar-refractivity contribution in [3.63, 3.8) is 0 Å². The number of rotatable bonds is 9. The molecule has 0 aromatic heterocycles. The molecule has 0 saturated carbocycles. The van der Waals surface area contributed by atoms with Crippen LogP contribution in [0.4, 0.5) is 8.78 Å². The fraction of sp³-hybridized carbons (Fsp3) is 0.348. The first-order chi connectivity index (χ1) is 15.0. The summed E-state index contributed by atoms with van der Waals surface area (Å²) in [7, 11) is 1.36. The number of carbonyl (C=O) groups excluding carboxylic acids is 1. The van der Waals surface area contributed by atoms with Crippen LogP contribution in [0.25, 0.3) is 6.08 Å². The normalized spacial score (nSPS) is 14.7. The Morgan fingerprint density at radius 2 is 1.94 bits per heavy atom. The summed E-state index contributed by atoms with van der Waals surface area (Å²) in [6.45, 7) is 1.52. The third-order valence-corrected chi connectivity index (χ3v) is 4.82. The van der Waals surface area contributed by atoms with Gasteiger partial charge >= 0.3 is 6.61 Å². The van der Waals surface area contributed by atoms with Crippen molar-refractivity contribution in [2.45, 2.75) is 19.7 Å². The van der Waals surface area contributed by atoms with Gasteiger partial charge in [-0.2, -0.15) is 8.78 Å². The summed E-state index contributed by atoms with van der Waals surface area (Å²) in [5.74, 6) is -0.288. The van der Waals surface area contributed by atoms with Crippen molar-refractivity contribution in [3.05, 3.63) is 65.2 Å². The van der Waals surface area contributed by atoms with Crippen molar-refractivity contribution in [1.82, 2.24) is 10.2 Å². The molecule has 1 saturated heterocycles. The Kier molecular flexibility index (Phi) is 8.37. The number of nitrogens with one attached hydrogen (secondary N) is 1. The van der Waals surface area contributed by atoms with Gasteiger partial charge in [-0.25, -0.2) is 0 Å². The number of halogens is 2. The maximum Gasteiger partial charge on any atom is 0.387 e. The minimum Gasteiger partial charge on any atom is -0.493 e. The van der Waals surface area contributed by atoms with Gasteiger partial charge in [-0.3, -0.25) is 9.69 Å². The van der Waals surface area contributed by atoms with Crippen molar-refractivity contribution in [1.29, 1.82) is 0 Å². The maximum absolute atomic E-state index is 12.7. The number of hydrogen-bond donors (Lipinski definition) is 1. The second-order valence-electron chi connectivity index (χ2n) is 7.02. The number of amides is 1. The van der Waals surface area contributed by atoms with Crippen molar-refractivity contribution in [3.8, 4) is 11.5 Å². The second kappa shape index (κ2) is 11.4. The molecule has 1 amide bonds. The van der Waals surface area contributed by atoms with Gasteiger partial charge in [0.15, 0.2) is 11.5 Å². The van der Waals surface area contributed by atoms with E-state index in [1.165, 1.54) is 30.9 Å². The largest absolute Gasteiger partial charge is 0.493 e. The molecule has 1 fully saturated rings. The lowest BCUT2D eigenvalue weighted by atomic mass is 10.1. The van der Waals surface area contributed by atoms with Gasteiger partial charge in [0, 0.05) is 37.8 Å². The number of para-hydroxylation sites is 1. The SMILES string of the molecule is COc1cccc(C=CC(=O)NCc2cccc(CN3CCOCC3)c2)c1OC(F)F. The van der Waals surface area contributed by atoms with E-state index in [0.29, 0.717) is 12.1 Å². The van der Waals surface area contributed by atoms with Crippen LogP contribution in [-0.2, 0) is 22.6 Å². The first-order valence-electron chi connectivity index (χ1n) is 10.0. The first kappa shape index (κ1) is 22.7. The van der Waals surface area contributed by atoms with E-state index in [0.717, 1.165) is 38.4 Å². The number of alkyl halides is 2. The molecule has 0 aliphatic carbocycles. The van der Waals surface area contributed by atoms with Crippen LogP contribution in [0.3, 0.4) is 0 Å². The highest BCUT2D eigenvalue weighted by molar-refractivity contribution is 5.92. The molecule has 0 atom stereocenters. The van der Waals surface area contributed by atoms with E-state index in [4.69, 9.17) is 9.47 Å². The Bertz CT molecular complexity index is 899. The van der Waals surface area contributed by atoms with Crippen molar-refractivity contribution < 1.29 is 27.8 Å². The summed E-state index contributed by atoms with van der Waals surface area (Å²) >= 11 is 0. The van der Waals surface area contributed by atoms with Crippen LogP contribution in [0, 0.1) is 0 Å². The van der Waals surface area contributed by atoms with Crippen LogP contribution in [-0.4, -0.2) is 50.8 Å². The molecule has 166 valence electrons. The molecule has 2 aromatic carbocycles. The van der Waals surface area contributed by atoms with Gasteiger partial charge in [-0.1, -0.05) is 36.4 Å². The zero-order chi connectivity index (χ0) is 22.1. The van der Waals surface area contributed by atoms with Gasteiger partial charge in [0.2, 0.25) is 5.91 Å². The zero-order valence-corrected chi connectivity index (χ0v) is 17.4. The summed E-state index contributed by atoms with van der Waals surface area (Å²) in [4.78, 5) is 14.6. The summed E-state index contributed by atoms with van der Waals surface area (Å²) in [5, 5.41) is 2.81. The minimum atomic E-state index is -3.00. The topological polar surface area (TPSA) is 60.0 Å². The van der Waals surface area contributed by atoms with E-state index in [2.05, 4.69) is 27.1 Å². The van der Waals surface area contributed by atoms with Crippen molar-refractivity contribution >= 4 is 12.0 Å². The molecule has 2 aromatic rings. The highest BCUT2D eigenvalue weighted by atomic mass is 19.3. The monoisotopic (exact) mass is 432 g/mol. The van der Waals surface area contributed by atoms with Crippen LogP contribution < -0.4 is 14.8 Å². The molecule has 1 heterocycles. The number of ether oxygens (including phenoxy) is 3.